The third-order valence-corrected chi connectivity index (χ3v) is 6.62. The van der Waals surface area contributed by atoms with Gasteiger partial charge in [0.05, 0.1) is 10.9 Å². The molecule has 2 aromatic carbocycles. The Balaban J connectivity index is 1.84. The zero-order valence-corrected chi connectivity index (χ0v) is 16.1. The van der Waals surface area contributed by atoms with Gasteiger partial charge in [-0.2, -0.15) is 0 Å². The standard InChI is InChI=1S/C21H24N2O2S/c1-12-9-13(2)20(14(3)10-12)21-17-6-4-5-16(17)18-11-15(26(22,24)25)7-8-19(18)23-21/h4-5,7-11,16-17,21,23H,6H2,1-3H3,(H2,22,24,25). The molecule has 1 aliphatic carbocycles. The second-order valence-electron chi connectivity index (χ2n) is 7.58. The Morgan fingerprint density at radius 2 is 1.77 bits per heavy atom. The molecule has 0 saturated heterocycles. The lowest BCUT2D eigenvalue weighted by molar-refractivity contribution is 0.422. The van der Waals surface area contributed by atoms with Gasteiger partial charge in [0.15, 0.2) is 0 Å². The van der Waals surface area contributed by atoms with Crippen LogP contribution in [-0.2, 0) is 10.0 Å². The fraction of sp³-hybridized carbons (Fsp3) is 0.333. The smallest absolute Gasteiger partial charge is 0.238 e. The highest BCUT2D eigenvalue weighted by atomic mass is 32.2. The van der Waals surface area contributed by atoms with Crippen LogP contribution in [0.2, 0.25) is 0 Å². The van der Waals surface area contributed by atoms with E-state index in [0.717, 1.165) is 17.7 Å². The summed E-state index contributed by atoms with van der Waals surface area (Å²) in [6.45, 7) is 6.48. The summed E-state index contributed by atoms with van der Waals surface area (Å²) in [5, 5.41) is 9.02. The molecule has 0 saturated carbocycles. The first-order chi connectivity index (χ1) is 12.3. The third-order valence-electron chi connectivity index (χ3n) is 5.71. The summed E-state index contributed by atoms with van der Waals surface area (Å²) in [6.07, 6.45) is 5.40. The van der Waals surface area contributed by atoms with Crippen LogP contribution in [0.4, 0.5) is 5.69 Å². The molecule has 1 aliphatic heterocycles. The van der Waals surface area contributed by atoms with E-state index in [1.165, 1.54) is 22.3 Å². The second-order valence-corrected chi connectivity index (χ2v) is 9.14. The van der Waals surface area contributed by atoms with Gasteiger partial charge >= 0.3 is 0 Å². The first-order valence-electron chi connectivity index (χ1n) is 8.93. The van der Waals surface area contributed by atoms with E-state index in [1.54, 1.807) is 12.1 Å². The monoisotopic (exact) mass is 368 g/mol. The van der Waals surface area contributed by atoms with Crippen molar-refractivity contribution in [2.75, 3.05) is 5.32 Å². The molecule has 5 heteroatoms. The number of hydrogen-bond donors (Lipinski definition) is 2. The molecule has 3 N–H and O–H groups in total. The van der Waals surface area contributed by atoms with Gasteiger partial charge in [0.1, 0.15) is 0 Å². The molecule has 3 unspecified atom stereocenters. The van der Waals surface area contributed by atoms with Crippen LogP contribution in [0.3, 0.4) is 0 Å². The maximum atomic E-state index is 11.8. The number of aryl methyl sites for hydroxylation is 3. The molecule has 136 valence electrons. The van der Waals surface area contributed by atoms with Gasteiger partial charge in [-0.1, -0.05) is 29.8 Å². The van der Waals surface area contributed by atoms with Crippen molar-refractivity contribution in [1.29, 1.82) is 0 Å². The summed E-state index contributed by atoms with van der Waals surface area (Å²) in [7, 11) is -3.70. The Morgan fingerprint density at radius 1 is 1.08 bits per heavy atom. The van der Waals surface area contributed by atoms with Crippen LogP contribution < -0.4 is 10.5 Å². The van der Waals surface area contributed by atoms with Gasteiger partial charge in [-0.15, -0.1) is 0 Å². The number of benzene rings is 2. The van der Waals surface area contributed by atoms with Crippen LogP contribution in [0.1, 0.15) is 46.2 Å². The Labute approximate surface area is 155 Å². The van der Waals surface area contributed by atoms with E-state index in [9.17, 15) is 8.42 Å². The molecular weight excluding hydrogens is 344 g/mol. The normalized spacial score (nSPS) is 24.1. The van der Waals surface area contributed by atoms with E-state index in [2.05, 4.69) is 50.4 Å². The molecule has 0 spiro atoms. The van der Waals surface area contributed by atoms with Gasteiger partial charge in [0.25, 0.3) is 0 Å². The molecule has 4 nitrogen and oxygen atoms in total. The second kappa shape index (κ2) is 5.96. The number of rotatable bonds is 2. The van der Waals surface area contributed by atoms with Crippen LogP contribution in [0.15, 0.2) is 47.4 Å². The number of nitrogens with one attached hydrogen (secondary N) is 1. The molecule has 0 amide bonds. The fourth-order valence-corrected chi connectivity index (χ4v) is 5.27. The molecule has 0 aromatic heterocycles. The lowest BCUT2D eigenvalue weighted by Gasteiger charge is -2.39. The molecule has 4 rings (SSSR count). The lowest BCUT2D eigenvalue weighted by Crippen LogP contribution is -2.30. The zero-order valence-electron chi connectivity index (χ0n) is 15.3. The summed E-state index contributed by atoms with van der Waals surface area (Å²) in [5.41, 5.74) is 7.25. The average molecular weight is 369 g/mol. The molecule has 1 heterocycles. The Bertz CT molecular complexity index is 1000. The van der Waals surface area contributed by atoms with Gasteiger partial charge in [-0.3, -0.25) is 0 Å². The highest BCUT2D eigenvalue weighted by molar-refractivity contribution is 7.89. The van der Waals surface area contributed by atoms with Crippen molar-refractivity contribution in [3.63, 3.8) is 0 Å². The minimum Gasteiger partial charge on any atom is -0.378 e. The van der Waals surface area contributed by atoms with Crippen LogP contribution in [0.5, 0.6) is 0 Å². The van der Waals surface area contributed by atoms with Crippen molar-refractivity contribution in [3.8, 4) is 0 Å². The molecule has 2 aliphatic rings. The topological polar surface area (TPSA) is 72.2 Å². The average Bonchev–Trinajstić information content (AvgIpc) is 3.02. The quantitative estimate of drug-likeness (QED) is 0.784. The molecular formula is C21H24N2O2S. The summed E-state index contributed by atoms with van der Waals surface area (Å²) in [5.74, 6) is 0.580. The lowest BCUT2D eigenvalue weighted by atomic mass is 9.75. The SMILES string of the molecule is Cc1cc(C)c(C2Nc3ccc(S(N)(=O)=O)cc3C3C=CCC32)c(C)c1. The summed E-state index contributed by atoms with van der Waals surface area (Å²) >= 11 is 0. The Morgan fingerprint density at radius 3 is 2.42 bits per heavy atom. The van der Waals surface area contributed by atoms with Crippen molar-refractivity contribution in [3.05, 3.63) is 70.3 Å². The number of fused-ring (bicyclic) bond motifs is 3. The van der Waals surface area contributed by atoms with Crippen molar-refractivity contribution in [2.45, 2.75) is 44.0 Å². The maximum Gasteiger partial charge on any atom is 0.238 e. The summed E-state index contributed by atoms with van der Waals surface area (Å²) < 4.78 is 23.5. The maximum absolute atomic E-state index is 11.8. The van der Waals surface area contributed by atoms with Crippen LogP contribution in [-0.4, -0.2) is 8.42 Å². The molecule has 0 bridgehead atoms. The van der Waals surface area contributed by atoms with Crippen molar-refractivity contribution < 1.29 is 8.42 Å². The van der Waals surface area contributed by atoms with Crippen molar-refractivity contribution in [2.24, 2.45) is 11.1 Å². The van der Waals surface area contributed by atoms with E-state index in [0.29, 0.717) is 5.92 Å². The highest BCUT2D eigenvalue weighted by Gasteiger charge is 2.39. The predicted molar refractivity (Wildman–Crippen MR) is 105 cm³/mol. The van der Waals surface area contributed by atoms with E-state index >= 15 is 0 Å². The first-order valence-corrected chi connectivity index (χ1v) is 10.5. The van der Waals surface area contributed by atoms with Crippen LogP contribution >= 0.6 is 0 Å². The molecule has 26 heavy (non-hydrogen) atoms. The number of hydrogen-bond acceptors (Lipinski definition) is 3. The van der Waals surface area contributed by atoms with Crippen molar-refractivity contribution in [1.82, 2.24) is 0 Å². The largest absolute Gasteiger partial charge is 0.378 e. The number of primary sulfonamides is 1. The van der Waals surface area contributed by atoms with Gasteiger partial charge in [-0.25, -0.2) is 13.6 Å². The predicted octanol–water partition coefficient (Wildman–Crippen LogP) is 4.09. The minimum atomic E-state index is -3.70. The van der Waals surface area contributed by atoms with Gasteiger partial charge in [-0.05, 0) is 73.6 Å². The molecule has 0 fully saturated rings. The molecule has 3 atom stereocenters. The summed E-state index contributed by atoms with van der Waals surface area (Å²) in [4.78, 5) is 0.179. The van der Waals surface area contributed by atoms with Gasteiger partial charge in [0, 0.05) is 11.6 Å². The third kappa shape index (κ3) is 2.75. The Kier molecular flexibility index (Phi) is 3.97. The van der Waals surface area contributed by atoms with Gasteiger partial charge in [0.2, 0.25) is 10.0 Å². The molecule has 2 aromatic rings. The van der Waals surface area contributed by atoms with E-state index in [4.69, 9.17) is 5.14 Å². The fourth-order valence-electron chi connectivity index (χ4n) is 4.72. The summed E-state index contributed by atoms with van der Waals surface area (Å²) in [6, 6.07) is 9.86. The minimum absolute atomic E-state index is 0.179. The molecule has 0 radical (unpaired) electrons. The first kappa shape index (κ1) is 17.3. The number of sulfonamides is 1. The highest BCUT2D eigenvalue weighted by Crippen LogP contribution is 2.51. The van der Waals surface area contributed by atoms with Crippen LogP contribution in [0, 0.1) is 26.7 Å². The van der Waals surface area contributed by atoms with E-state index in [1.807, 2.05) is 6.07 Å². The van der Waals surface area contributed by atoms with Gasteiger partial charge < -0.3 is 5.32 Å². The number of nitrogens with two attached hydrogens (primary N) is 1. The van der Waals surface area contributed by atoms with Crippen molar-refractivity contribution >= 4 is 15.7 Å². The number of allylic oxidation sites excluding steroid dienone is 2. The van der Waals surface area contributed by atoms with E-state index < -0.39 is 10.0 Å². The zero-order chi connectivity index (χ0) is 18.6. The van der Waals surface area contributed by atoms with E-state index in [-0.39, 0.29) is 16.9 Å². The number of anilines is 1. The Hall–Kier alpha value is -2.11. The van der Waals surface area contributed by atoms with Crippen LogP contribution in [0.25, 0.3) is 0 Å².